The molecule has 10 heteroatoms. The number of aliphatic imine (C=N–C) groups is 2. The zero-order valence-corrected chi connectivity index (χ0v) is 16.1. The summed E-state index contributed by atoms with van der Waals surface area (Å²) in [5.41, 5.74) is 6.03. The Hall–Kier alpha value is -2.59. The van der Waals surface area contributed by atoms with Crippen LogP contribution in [-0.2, 0) is 9.47 Å². The van der Waals surface area contributed by atoms with Crippen molar-refractivity contribution in [1.82, 2.24) is 20.2 Å². The molecule has 5 heterocycles. The number of ether oxygens (including phenoxy) is 2. The van der Waals surface area contributed by atoms with Gasteiger partial charge in [0.05, 0.1) is 25.4 Å². The van der Waals surface area contributed by atoms with Crippen LogP contribution >= 0.6 is 0 Å². The molecule has 0 amide bonds. The minimum absolute atomic E-state index is 0.0903. The van der Waals surface area contributed by atoms with Crippen LogP contribution in [0.3, 0.4) is 0 Å². The highest BCUT2D eigenvalue weighted by Gasteiger charge is 2.52. The van der Waals surface area contributed by atoms with Gasteiger partial charge in [0.15, 0.2) is 12.2 Å². The first-order valence-electron chi connectivity index (χ1n) is 9.64. The normalized spacial score (nSPS) is 28.9. The first kappa shape index (κ1) is 17.5. The second-order valence-electron chi connectivity index (χ2n) is 7.78. The fraction of sp³-hybridized carbons (Fsp3) is 0.611. The molecule has 0 aliphatic carbocycles. The van der Waals surface area contributed by atoms with Crippen molar-refractivity contribution < 1.29 is 14.0 Å². The molecule has 4 aliphatic rings. The SMILES string of the molecule is CC1(C)OCCN2C1=NC1C(=[N+]3CCOCC3)NC(c3cnc(N)nc3)=NC12. The number of morpholine rings is 2. The quantitative estimate of drug-likeness (QED) is 0.600. The number of anilines is 1. The number of hydrogen-bond acceptors (Lipinski definition) is 8. The lowest BCUT2D eigenvalue weighted by Crippen LogP contribution is -2.59. The Balaban J connectivity index is 1.60. The largest absolute Gasteiger partial charge is 0.373 e. The maximum Gasteiger partial charge on any atom is 0.280 e. The van der Waals surface area contributed by atoms with Crippen molar-refractivity contribution >= 4 is 23.5 Å². The Kier molecular flexibility index (Phi) is 4.06. The van der Waals surface area contributed by atoms with Crippen molar-refractivity contribution in [1.29, 1.82) is 0 Å². The van der Waals surface area contributed by atoms with Crippen LogP contribution in [0.1, 0.15) is 19.4 Å². The Morgan fingerprint density at radius 3 is 2.68 bits per heavy atom. The lowest BCUT2D eigenvalue weighted by molar-refractivity contribution is -0.552. The van der Waals surface area contributed by atoms with Crippen molar-refractivity contribution in [3.05, 3.63) is 18.0 Å². The summed E-state index contributed by atoms with van der Waals surface area (Å²) in [5, 5.41) is 3.51. The van der Waals surface area contributed by atoms with Gasteiger partial charge in [0.1, 0.15) is 24.5 Å². The molecule has 28 heavy (non-hydrogen) atoms. The summed E-state index contributed by atoms with van der Waals surface area (Å²) in [6.45, 7) is 8.61. The van der Waals surface area contributed by atoms with E-state index in [1.54, 1.807) is 12.4 Å². The minimum Gasteiger partial charge on any atom is -0.373 e. The van der Waals surface area contributed by atoms with E-state index in [0.29, 0.717) is 19.8 Å². The summed E-state index contributed by atoms with van der Waals surface area (Å²) in [4.78, 5) is 20.6. The summed E-state index contributed by atoms with van der Waals surface area (Å²) >= 11 is 0. The Labute approximate surface area is 163 Å². The van der Waals surface area contributed by atoms with Crippen molar-refractivity contribution in [2.45, 2.75) is 31.7 Å². The maximum absolute atomic E-state index is 5.97. The molecule has 0 spiro atoms. The van der Waals surface area contributed by atoms with Crippen LogP contribution in [0, 0.1) is 0 Å². The van der Waals surface area contributed by atoms with Gasteiger partial charge in [-0.2, -0.15) is 0 Å². The highest BCUT2D eigenvalue weighted by Crippen LogP contribution is 2.32. The molecule has 0 aromatic carbocycles. The fourth-order valence-corrected chi connectivity index (χ4v) is 4.15. The van der Waals surface area contributed by atoms with E-state index in [1.165, 1.54) is 0 Å². The third-order valence-corrected chi connectivity index (χ3v) is 5.55. The molecule has 3 N–H and O–H groups in total. The molecule has 0 bridgehead atoms. The zero-order chi connectivity index (χ0) is 19.3. The van der Waals surface area contributed by atoms with E-state index >= 15 is 0 Å². The maximum atomic E-state index is 5.97. The van der Waals surface area contributed by atoms with Crippen LogP contribution in [0.2, 0.25) is 0 Å². The van der Waals surface area contributed by atoms with Crippen LogP contribution in [-0.4, -0.2) is 94.2 Å². The second kappa shape index (κ2) is 6.49. The van der Waals surface area contributed by atoms with Gasteiger partial charge in [0.25, 0.3) is 5.84 Å². The molecular formula is C18H25N8O2+. The molecule has 1 aromatic heterocycles. The number of fused-ring (bicyclic) bond motifs is 3. The standard InChI is InChI=1S/C18H24N8O2/c1-18(2)16-22-12-14(25-3-6-27-7-4-25)23-13(11-9-20-17(19)21-10-11)24-15(12)26(16)5-8-28-18/h9-10,12,15H,3-8H2,1-2H3,(H2,19,20,21,24)/p+1. The predicted molar refractivity (Wildman–Crippen MR) is 104 cm³/mol. The summed E-state index contributed by atoms with van der Waals surface area (Å²) in [7, 11) is 0. The summed E-state index contributed by atoms with van der Waals surface area (Å²) in [5.74, 6) is 2.99. The first-order chi connectivity index (χ1) is 13.5. The van der Waals surface area contributed by atoms with E-state index in [9.17, 15) is 0 Å². The molecule has 2 unspecified atom stereocenters. The second-order valence-corrected chi connectivity index (χ2v) is 7.78. The molecule has 2 atom stereocenters. The monoisotopic (exact) mass is 385 g/mol. The minimum atomic E-state index is -0.425. The topological polar surface area (TPSA) is 113 Å². The van der Waals surface area contributed by atoms with Gasteiger partial charge in [-0.15, -0.1) is 0 Å². The number of hydrogen-bond donors (Lipinski definition) is 2. The summed E-state index contributed by atoms with van der Waals surface area (Å²) in [6.07, 6.45) is 3.29. The smallest absolute Gasteiger partial charge is 0.280 e. The molecule has 2 fully saturated rings. The molecule has 4 aliphatic heterocycles. The van der Waals surface area contributed by atoms with E-state index < -0.39 is 5.60 Å². The number of rotatable bonds is 1. The first-order valence-corrected chi connectivity index (χ1v) is 9.64. The van der Waals surface area contributed by atoms with Gasteiger partial charge in [-0.05, 0) is 13.8 Å². The summed E-state index contributed by atoms with van der Waals surface area (Å²) in [6, 6.07) is -0.0903. The molecule has 10 nitrogen and oxygen atoms in total. The van der Waals surface area contributed by atoms with Gasteiger partial charge in [-0.25, -0.2) is 25.3 Å². The van der Waals surface area contributed by atoms with Crippen LogP contribution in [0.4, 0.5) is 5.95 Å². The average Bonchev–Trinajstić information content (AvgIpc) is 3.09. The number of amidine groups is 3. The number of nitrogens with zero attached hydrogens (tertiary/aromatic N) is 6. The number of aromatic nitrogens is 2. The highest BCUT2D eigenvalue weighted by molar-refractivity contribution is 6.13. The van der Waals surface area contributed by atoms with Gasteiger partial charge >= 0.3 is 0 Å². The van der Waals surface area contributed by atoms with Gasteiger partial charge in [-0.1, -0.05) is 0 Å². The van der Waals surface area contributed by atoms with Crippen LogP contribution in [0.5, 0.6) is 0 Å². The van der Waals surface area contributed by atoms with Gasteiger partial charge in [0.2, 0.25) is 11.8 Å². The van der Waals surface area contributed by atoms with E-state index in [-0.39, 0.29) is 18.2 Å². The molecule has 0 saturated carbocycles. The molecule has 0 radical (unpaired) electrons. The lowest BCUT2D eigenvalue weighted by atomic mass is 10.1. The van der Waals surface area contributed by atoms with Crippen molar-refractivity contribution in [3.63, 3.8) is 0 Å². The number of nitrogens with one attached hydrogen (secondary N) is 1. The Morgan fingerprint density at radius 2 is 1.93 bits per heavy atom. The van der Waals surface area contributed by atoms with Crippen LogP contribution in [0.15, 0.2) is 22.4 Å². The number of nitrogens with two attached hydrogens (primary N) is 1. The molecule has 148 valence electrons. The van der Waals surface area contributed by atoms with E-state index in [2.05, 4.69) is 38.6 Å². The average molecular weight is 385 g/mol. The number of nitrogen functional groups attached to an aromatic ring is 1. The third kappa shape index (κ3) is 2.83. The molecule has 1 aromatic rings. The van der Waals surface area contributed by atoms with E-state index in [4.69, 9.17) is 25.2 Å². The predicted octanol–water partition coefficient (Wildman–Crippen LogP) is -0.933. The van der Waals surface area contributed by atoms with E-state index in [1.807, 2.05) is 0 Å². The Morgan fingerprint density at radius 1 is 1.18 bits per heavy atom. The van der Waals surface area contributed by atoms with Crippen molar-refractivity contribution in [2.75, 3.05) is 45.2 Å². The van der Waals surface area contributed by atoms with Crippen LogP contribution < -0.4 is 11.1 Å². The van der Waals surface area contributed by atoms with Gasteiger partial charge in [-0.3, -0.25) is 4.58 Å². The van der Waals surface area contributed by atoms with E-state index in [0.717, 1.165) is 42.7 Å². The summed E-state index contributed by atoms with van der Waals surface area (Å²) < 4.78 is 13.8. The molecule has 2 saturated heterocycles. The third-order valence-electron chi connectivity index (χ3n) is 5.55. The highest BCUT2D eigenvalue weighted by atomic mass is 16.5. The van der Waals surface area contributed by atoms with Gasteiger partial charge < -0.3 is 20.1 Å². The zero-order valence-electron chi connectivity index (χ0n) is 16.1. The van der Waals surface area contributed by atoms with Crippen LogP contribution in [0.25, 0.3) is 0 Å². The fourth-order valence-electron chi connectivity index (χ4n) is 4.15. The molecule has 5 rings (SSSR count). The van der Waals surface area contributed by atoms with Crippen molar-refractivity contribution in [2.24, 2.45) is 9.98 Å². The molecular weight excluding hydrogens is 360 g/mol. The van der Waals surface area contributed by atoms with Gasteiger partial charge in [0, 0.05) is 18.9 Å². The lowest BCUT2D eigenvalue weighted by Gasteiger charge is -2.39. The Bertz CT molecular complexity index is 868. The van der Waals surface area contributed by atoms with Crippen molar-refractivity contribution in [3.8, 4) is 0 Å².